The SMILES string of the molecule is COc1ccc(CC(C)(N)Cc2ccc(Br)cn2)cc1. The minimum absolute atomic E-state index is 0.324. The highest BCUT2D eigenvalue weighted by molar-refractivity contribution is 9.10. The van der Waals surface area contributed by atoms with Gasteiger partial charge in [-0.1, -0.05) is 12.1 Å². The Hall–Kier alpha value is -1.39. The van der Waals surface area contributed by atoms with Crippen molar-refractivity contribution in [1.82, 2.24) is 4.98 Å². The van der Waals surface area contributed by atoms with Crippen molar-refractivity contribution < 1.29 is 4.74 Å². The Morgan fingerprint density at radius 1 is 1.15 bits per heavy atom. The monoisotopic (exact) mass is 334 g/mol. The summed E-state index contributed by atoms with van der Waals surface area (Å²) in [6.45, 7) is 2.06. The number of hydrogen-bond donors (Lipinski definition) is 1. The minimum Gasteiger partial charge on any atom is -0.497 e. The second kappa shape index (κ2) is 6.37. The average molecular weight is 335 g/mol. The molecule has 0 spiro atoms. The van der Waals surface area contributed by atoms with E-state index in [-0.39, 0.29) is 5.54 Å². The average Bonchev–Trinajstić information content (AvgIpc) is 2.41. The summed E-state index contributed by atoms with van der Waals surface area (Å²) in [5.74, 6) is 0.863. The van der Waals surface area contributed by atoms with Gasteiger partial charge in [0.2, 0.25) is 0 Å². The predicted octanol–water partition coefficient (Wildman–Crippen LogP) is 3.36. The van der Waals surface area contributed by atoms with Crippen LogP contribution >= 0.6 is 15.9 Å². The van der Waals surface area contributed by atoms with Crippen LogP contribution in [0.25, 0.3) is 0 Å². The number of methoxy groups -OCH3 is 1. The number of pyridine rings is 1. The number of hydrogen-bond acceptors (Lipinski definition) is 3. The molecule has 0 amide bonds. The molecule has 0 radical (unpaired) electrons. The Labute approximate surface area is 128 Å². The fourth-order valence-corrected chi connectivity index (χ4v) is 2.43. The van der Waals surface area contributed by atoms with Gasteiger partial charge in [-0.2, -0.15) is 0 Å². The first-order valence-electron chi connectivity index (χ1n) is 6.51. The molecule has 1 atom stereocenters. The molecule has 1 heterocycles. The lowest BCUT2D eigenvalue weighted by Gasteiger charge is -2.24. The van der Waals surface area contributed by atoms with Crippen LogP contribution in [0.1, 0.15) is 18.2 Å². The highest BCUT2D eigenvalue weighted by Gasteiger charge is 2.20. The van der Waals surface area contributed by atoms with Crippen LogP contribution in [-0.4, -0.2) is 17.6 Å². The van der Waals surface area contributed by atoms with Crippen LogP contribution in [0.15, 0.2) is 47.1 Å². The number of rotatable bonds is 5. The third-order valence-corrected chi connectivity index (χ3v) is 3.61. The molecule has 0 saturated heterocycles. The summed E-state index contributed by atoms with van der Waals surface area (Å²) in [4.78, 5) is 4.39. The normalized spacial score (nSPS) is 13.8. The summed E-state index contributed by atoms with van der Waals surface area (Å²) < 4.78 is 6.14. The molecule has 20 heavy (non-hydrogen) atoms. The molecule has 1 unspecified atom stereocenters. The van der Waals surface area contributed by atoms with Gasteiger partial charge in [-0.25, -0.2) is 0 Å². The molecule has 1 aromatic carbocycles. The predicted molar refractivity (Wildman–Crippen MR) is 84.9 cm³/mol. The Bertz CT molecular complexity index is 550. The lowest BCUT2D eigenvalue weighted by molar-refractivity contribution is 0.414. The van der Waals surface area contributed by atoms with Gasteiger partial charge < -0.3 is 10.5 Å². The van der Waals surface area contributed by atoms with Gasteiger partial charge in [0.25, 0.3) is 0 Å². The molecule has 0 saturated carbocycles. The molecule has 106 valence electrons. The zero-order valence-electron chi connectivity index (χ0n) is 11.8. The molecule has 0 aliphatic carbocycles. The Balaban J connectivity index is 2.03. The van der Waals surface area contributed by atoms with Crippen molar-refractivity contribution in [3.8, 4) is 5.75 Å². The number of benzene rings is 1. The van der Waals surface area contributed by atoms with E-state index in [4.69, 9.17) is 10.5 Å². The van der Waals surface area contributed by atoms with Gasteiger partial charge >= 0.3 is 0 Å². The molecular weight excluding hydrogens is 316 g/mol. The van der Waals surface area contributed by atoms with E-state index in [1.165, 1.54) is 5.56 Å². The first-order valence-corrected chi connectivity index (χ1v) is 7.30. The quantitative estimate of drug-likeness (QED) is 0.911. The number of nitrogens with zero attached hydrogens (tertiary/aromatic N) is 1. The fourth-order valence-electron chi connectivity index (χ4n) is 2.20. The van der Waals surface area contributed by atoms with Crippen LogP contribution in [0.2, 0.25) is 0 Å². The molecule has 3 nitrogen and oxygen atoms in total. The summed E-state index contributed by atoms with van der Waals surface area (Å²) in [5, 5.41) is 0. The maximum absolute atomic E-state index is 6.41. The van der Waals surface area contributed by atoms with Crippen LogP contribution in [0.5, 0.6) is 5.75 Å². The second-order valence-corrected chi connectivity index (χ2v) is 6.24. The van der Waals surface area contributed by atoms with Crippen molar-refractivity contribution in [2.45, 2.75) is 25.3 Å². The van der Waals surface area contributed by atoms with Gasteiger partial charge in [-0.15, -0.1) is 0 Å². The molecule has 0 aliphatic heterocycles. The van der Waals surface area contributed by atoms with Crippen molar-refractivity contribution in [2.24, 2.45) is 5.73 Å². The van der Waals surface area contributed by atoms with E-state index >= 15 is 0 Å². The largest absolute Gasteiger partial charge is 0.497 e. The minimum atomic E-state index is -0.324. The lowest BCUT2D eigenvalue weighted by atomic mass is 9.89. The third-order valence-electron chi connectivity index (χ3n) is 3.14. The third kappa shape index (κ3) is 4.32. The van der Waals surface area contributed by atoms with Crippen LogP contribution in [0.4, 0.5) is 0 Å². The van der Waals surface area contributed by atoms with Gasteiger partial charge in [0.1, 0.15) is 5.75 Å². The second-order valence-electron chi connectivity index (χ2n) is 5.32. The first-order chi connectivity index (χ1) is 9.48. The van der Waals surface area contributed by atoms with E-state index in [9.17, 15) is 0 Å². The van der Waals surface area contributed by atoms with Gasteiger partial charge in [0.05, 0.1) is 7.11 Å². The highest BCUT2D eigenvalue weighted by atomic mass is 79.9. The maximum atomic E-state index is 6.41. The summed E-state index contributed by atoms with van der Waals surface area (Å²) in [7, 11) is 1.67. The Kier molecular flexibility index (Phi) is 4.78. The van der Waals surface area contributed by atoms with Crippen LogP contribution in [0, 0.1) is 0 Å². The number of ether oxygens (including phenoxy) is 1. The Morgan fingerprint density at radius 3 is 2.40 bits per heavy atom. The van der Waals surface area contributed by atoms with Crippen molar-refractivity contribution in [3.05, 3.63) is 58.3 Å². The standard InChI is InChI=1S/C16H19BrN2O/c1-16(18,10-14-6-5-13(17)11-19-14)9-12-3-7-15(20-2)8-4-12/h3-8,11H,9-10,18H2,1-2H3. The summed E-state index contributed by atoms with van der Waals surface area (Å²) in [6.07, 6.45) is 3.35. The topological polar surface area (TPSA) is 48.1 Å². The molecule has 2 N–H and O–H groups in total. The summed E-state index contributed by atoms with van der Waals surface area (Å²) in [6, 6.07) is 12.0. The molecule has 2 aromatic rings. The van der Waals surface area contributed by atoms with Crippen molar-refractivity contribution in [2.75, 3.05) is 7.11 Å². The zero-order valence-corrected chi connectivity index (χ0v) is 13.4. The maximum Gasteiger partial charge on any atom is 0.118 e. The number of aromatic nitrogens is 1. The summed E-state index contributed by atoms with van der Waals surface area (Å²) >= 11 is 3.39. The van der Waals surface area contributed by atoms with E-state index in [2.05, 4.69) is 40.0 Å². The lowest BCUT2D eigenvalue weighted by Crippen LogP contribution is -2.41. The van der Waals surface area contributed by atoms with E-state index in [1.807, 2.05) is 24.3 Å². The summed E-state index contributed by atoms with van der Waals surface area (Å²) in [5.41, 5.74) is 8.29. The van der Waals surface area contributed by atoms with Crippen LogP contribution < -0.4 is 10.5 Å². The molecule has 0 fully saturated rings. The molecule has 0 bridgehead atoms. The molecule has 0 aliphatic rings. The molecule has 4 heteroatoms. The van der Waals surface area contributed by atoms with Gasteiger partial charge in [0, 0.05) is 28.3 Å². The first kappa shape index (κ1) is 15.0. The molecule has 1 aromatic heterocycles. The van der Waals surface area contributed by atoms with Crippen molar-refractivity contribution in [1.29, 1.82) is 0 Å². The van der Waals surface area contributed by atoms with E-state index in [0.29, 0.717) is 0 Å². The van der Waals surface area contributed by atoms with Gasteiger partial charge in [0.15, 0.2) is 0 Å². The van der Waals surface area contributed by atoms with Crippen LogP contribution in [0.3, 0.4) is 0 Å². The van der Waals surface area contributed by atoms with Gasteiger partial charge in [-0.3, -0.25) is 4.98 Å². The van der Waals surface area contributed by atoms with E-state index in [0.717, 1.165) is 28.8 Å². The number of nitrogens with two attached hydrogens (primary N) is 1. The molecular formula is C16H19BrN2O. The highest BCUT2D eigenvalue weighted by Crippen LogP contribution is 2.19. The smallest absolute Gasteiger partial charge is 0.118 e. The van der Waals surface area contributed by atoms with Crippen molar-refractivity contribution in [3.63, 3.8) is 0 Å². The van der Waals surface area contributed by atoms with E-state index in [1.54, 1.807) is 13.3 Å². The van der Waals surface area contributed by atoms with Crippen LogP contribution in [-0.2, 0) is 12.8 Å². The van der Waals surface area contributed by atoms with Gasteiger partial charge in [-0.05, 0) is 59.1 Å². The Morgan fingerprint density at radius 2 is 1.85 bits per heavy atom. The zero-order chi connectivity index (χ0) is 14.6. The number of halogens is 1. The fraction of sp³-hybridized carbons (Fsp3) is 0.312. The van der Waals surface area contributed by atoms with Crippen molar-refractivity contribution >= 4 is 15.9 Å². The molecule has 2 rings (SSSR count). The van der Waals surface area contributed by atoms with E-state index < -0.39 is 0 Å².